The molecule has 1 aliphatic heterocycles. The summed E-state index contributed by atoms with van der Waals surface area (Å²) in [5.74, 6) is 0.148. The third kappa shape index (κ3) is 0.948. The third-order valence-corrected chi connectivity index (χ3v) is 2.82. The van der Waals surface area contributed by atoms with Crippen molar-refractivity contribution in [1.29, 1.82) is 0 Å². The fourth-order valence-electron chi connectivity index (χ4n) is 2.22. The van der Waals surface area contributed by atoms with Crippen LogP contribution in [-0.2, 0) is 9.53 Å². The highest BCUT2D eigenvalue weighted by atomic mass is 16.6. The maximum absolute atomic E-state index is 10.9. The summed E-state index contributed by atoms with van der Waals surface area (Å²) in [5, 5.41) is 9.30. The molecular formula is C8H12O3. The van der Waals surface area contributed by atoms with Gasteiger partial charge in [-0.3, -0.25) is 4.79 Å². The summed E-state index contributed by atoms with van der Waals surface area (Å²) in [7, 11) is 0. The molecule has 2 fully saturated rings. The molecule has 3 heteroatoms. The molecule has 1 heterocycles. The Bertz CT molecular complexity index is 202. The van der Waals surface area contributed by atoms with Crippen LogP contribution in [0.3, 0.4) is 0 Å². The second kappa shape index (κ2) is 1.97. The van der Waals surface area contributed by atoms with Gasteiger partial charge in [0.1, 0.15) is 5.60 Å². The molecule has 3 atom stereocenters. The van der Waals surface area contributed by atoms with E-state index in [0.717, 1.165) is 6.42 Å². The van der Waals surface area contributed by atoms with E-state index < -0.39 is 0 Å². The van der Waals surface area contributed by atoms with Crippen LogP contribution in [0, 0.1) is 5.92 Å². The molecule has 0 aromatic carbocycles. The molecule has 2 aliphatic rings. The summed E-state index contributed by atoms with van der Waals surface area (Å²) in [4.78, 5) is 10.9. The number of rotatable bonds is 0. The van der Waals surface area contributed by atoms with Gasteiger partial charge in [0.15, 0.2) is 0 Å². The summed E-state index contributed by atoms with van der Waals surface area (Å²) < 4.78 is 5.14. The predicted molar refractivity (Wildman–Crippen MR) is 37.8 cm³/mol. The van der Waals surface area contributed by atoms with Crippen LogP contribution in [0.4, 0.5) is 0 Å². The Morgan fingerprint density at radius 3 is 3.09 bits per heavy atom. The lowest BCUT2D eigenvalue weighted by Gasteiger charge is -2.20. The average Bonchev–Trinajstić information content (AvgIpc) is 2.16. The first kappa shape index (κ1) is 7.10. The number of fused-ring (bicyclic) bond motifs is 1. The number of carbonyl (C=O) groups is 1. The maximum Gasteiger partial charge on any atom is 0.306 e. The molecule has 3 nitrogen and oxygen atoms in total. The topological polar surface area (TPSA) is 46.5 Å². The van der Waals surface area contributed by atoms with Crippen LogP contribution in [0.5, 0.6) is 0 Å². The zero-order chi connectivity index (χ0) is 8.06. The fraction of sp³-hybridized carbons (Fsp3) is 0.875. The van der Waals surface area contributed by atoms with E-state index in [9.17, 15) is 9.90 Å². The van der Waals surface area contributed by atoms with Crippen molar-refractivity contribution in [1.82, 2.24) is 0 Å². The van der Waals surface area contributed by atoms with Gasteiger partial charge in [-0.1, -0.05) is 0 Å². The van der Waals surface area contributed by atoms with Crippen LogP contribution in [0.15, 0.2) is 0 Å². The fourth-order valence-corrected chi connectivity index (χ4v) is 2.22. The van der Waals surface area contributed by atoms with Gasteiger partial charge in [-0.25, -0.2) is 0 Å². The maximum atomic E-state index is 10.9. The largest absolute Gasteiger partial charge is 0.459 e. The molecule has 0 bridgehead atoms. The first-order valence-corrected chi connectivity index (χ1v) is 4.00. The summed E-state index contributed by atoms with van der Waals surface area (Å²) in [6.45, 7) is 1.92. The molecule has 0 amide bonds. The van der Waals surface area contributed by atoms with Gasteiger partial charge in [-0.15, -0.1) is 0 Å². The van der Waals surface area contributed by atoms with E-state index in [1.54, 1.807) is 0 Å². The van der Waals surface area contributed by atoms with E-state index in [1.165, 1.54) is 0 Å². The number of carbonyl (C=O) groups excluding carboxylic acids is 1. The van der Waals surface area contributed by atoms with Gasteiger partial charge in [0.05, 0.1) is 12.5 Å². The van der Waals surface area contributed by atoms with Crippen molar-refractivity contribution >= 4 is 5.97 Å². The van der Waals surface area contributed by atoms with Crippen molar-refractivity contribution in [2.75, 3.05) is 0 Å². The molecule has 0 unspecified atom stereocenters. The molecule has 0 aromatic rings. The predicted octanol–water partition coefficient (Wildman–Crippen LogP) is 0.463. The van der Waals surface area contributed by atoms with Crippen LogP contribution in [0.25, 0.3) is 0 Å². The third-order valence-electron chi connectivity index (χ3n) is 2.82. The highest BCUT2D eigenvalue weighted by Gasteiger charge is 2.51. The Balaban J connectivity index is 2.19. The van der Waals surface area contributed by atoms with Crippen molar-refractivity contribution in [3.8, 4) is 0 Å². The Kier molecular flexibility index (Phi) is 1.27. The van der Waals surface area contributed by atoms with Gasteiger partial charge in [-0.05, 0) is 13.3 Å². The Hall–Kier alpha value is -0.570. The van der Waals surface area contributed by atoms with Gasteiger partial charge in [0.2, 0.25) is 0 Å². The van der Waals surface area contributed by atoms with E-state index in [-0.39, 0.29) is 23.6 Å². The Morgan fingerprint density at radius 2 is 2.45 bits per heavy atom. The summed E-state index contributed by atoms with van der Waals surface area (Å²) in [6.07, 6.45) is 1.57. The first-order valence-electron chi connectivity index (χ1n) is 4.00. The van der Waals surface area contributed by atoms with Crippen LogP contribution in [0.1, 0.15) is 26.2 Å². The zero-order valence-corrected chi connectivity index (χ0v) is 6.54. The van der Waals surface area contributed by atoms with Gasteiger partial charge >= 0.3 is 5.97 Å². The highest BCUT2D eigenvalue weighted by molar-refractivity contribution is 5.73. The van der Waals surface area contributed by atoms with Crippen LogP contribution < -0.4 is 0 Å². The molecule has 0 radical (unpaired) electrons. The Morgan fingerprint density at radius 1 is 1.73 bits per heavy atom. The number of hydrogen-bond acceptors (Lipinski definition) is 3. The number of esters is 1. The van der Waals surface area contributed by atoms with E-state index in [0.29, 0.717) is 12.8 Å². The zero-order valence-electron chi connectivity index (χ0n) is 6.54. The molecular weight excluding hydrogens is 144 g/mol. The quantitative estimate of drug-likeness (QED) is 0.518. The van der Waals surface area contributed by atoms with Crippen molar-refractivity contribution in [2.45, 2.75) is 37.9 Å². The van der Waals surface area contributed by atoms with Gasteiger partial charge in [0, 0.05) is 12.3 Å². The van der Waals surface area contributed by atoms with Crippen molar-refractivity contribution in [2.24, 2.45) is 5.92 Å². The molecule has 0 aromatic heterocycles. The summed E-state index contributed by atoms with van der Waals surface area (Å²) in [6, 6.07) is 0. The lowest BCUT2D eigenvalue weighted by Crippen LogP contribution is -2.26. The van der Waals surface area contributed by atoms with E-state index >= 15 is 0 Å². The van der Waals surface area contributed by atoms with Gasteiger partial charge in [0.25, 0.3) is 0 Å². The molecule has 1 N–H and O–H groups in total. The van der Waals surface area contributed by atoms with Gasteiger partial charge in [-0.2, -0.15) is 0 Å². The minimum Gasteiger partial charge on any atom is -0.459 e. The van der Waals surface area contributed by atoms with Crippen molar-refractivity contribution in [3.63, 3.8) is 0 Å². The molecule has 1 saturated carbocycles. The standard InChI is InChI=1S/C8H12O3/c1-8-4-6(9)2-5(8)3-7(10)11-8/h5-6,9H,2-4H2,1H3/t5-,6-,8-/m1/s1. The van der Waals surface area contributed by atoms with E-state index in [4.69, 9.17) is 4.74 Å². The van der Waals surface area contributed by atoms with Crippen LogP contribution in [-0.4, -0.2) is 22.8 Å². The minimum absolute atomic E-state index is 0.107. The van der Waals surface area contributed by atoms with Crippen molar-refractivity contribution < 1.29 is 14.6 Å². The Labute approximate surface area is 65.4 Å². The monoisotopic (exact) mass is 156 g/mol. The van der Waals surface area contributed by atoms with Crippen LogP contribution in [0.2, 0.25) is 0 Å². The highest BCUT2D eigenvalue weighted by Crippen LogP contribution is 2.45. The van der Waals surface area contributed by atoms with E-state index in [1.807, 2.05) is 6.92 Å². The second-order valence-electron chi connectivity index (χ2n) is 3.78. The lowest BCUT2D eigenvalue weighted by molar-refractivity contribution is -0.148. The molecule has 1 saturated heterocycles. The number of aliphatic hydroxyl groups excluding tert-OH is 1. The number of ether oxygens (including phenoxy) is 1. The molecule has 2 rings (SSSR count). The average molecular weight is 156 g/mol. The summed E-state index contributed by atoms with van der Waals surface area (Å²) >= 11 is 0. The normalized spacial score (nSPS) is 49.1. The van der Waals surface area contributed by atoms with Crippen LogP contribution >= 0.6 is 0 Å². The minimum atomic E-state index is -0.351. The SMILES string of the molecule is C[C@@]12C[C@H](O)C[C@@H]1CC(=O)O2. The lowest BCUT2D eigenvalue weighted by atomic mass is 9.93. The van der Waals surface area contributed by atoms with Gasteiger partial charge < -0.3 is 9.84 Å². The van der Waals surface area contributed by atoms with E-state index in [2.05, 4.69) is 0 Å². The molecule has 0 spiro atoms. The number of hydrogen-bond donors (Lipinski definition) is 1. The molecule has 62 valence electrons. The molecule has 11 heavy (non-hydrogen) atoms. The van der Waals surface area contributed by atoms with Crippen molar-refractivity contribution in [3.05, 3.63) is 0 Å². The second-order valence-corrected chi connectivity index (χ2v) is 3.78. The summed E-state index contributed by atoms with van der Waals surface area (Å²) in [5.41, 5.74) is -0.351. The smallest absolute Gasteiger partial charge is 0.306 e. The first-order chi connectivity index (χ1) is 5.10. The number of aliphatic hydroxyl groups is 1. The molecule has 1 aliphatic carbocycles.